The fraction of sp³-hybridized carbons (Fsp3) is 0.250. The Bertz CT molecular complexity index is 570. The minimum absolute atomic E-state index is 0.320. The third kappa shape index (κ3) is 3.65. The number of carbonyl (C=O) groups excluding carboxylic acids is 1. The molecule has 2 aromatic rings. The van der Waals surface area contributed by atoms with Crippen molar-refractivity contribution < 1.29 is 9.53 Å². The molecule has 2 heterocycles. The number of nitrogens with zero attached hydrogens (tertiary/aromatic N) is 2. The van der Waals surface area contributed by atoms with Crippen LogP contribution < -0.4 is 15.4 Å². The third-order valence-electron chi connectivity index (χ3n) is 2.28. The first-order chi connectivity index (χ1) is 9.19. The summed E-state index contributed by atoms with van der Waals surface area (Å²) in [6, 6.07) is 3.13. The Morgan fingerprint density at radius 3 is 3.05 bits per heavy atom. The van der Waals surface area contributed by atoms with Gasteiger partial charge in [-0.15, -0.1) is 11.3 Å². The largest absolute Gasteiger partial charge is 0.480 e. The highest BCUT2D eigenvalue weighted by Gasteiger charge is 2.08. The minimum Gasteiger partial charge on any atom is -0.480 e. The van der Waals surface area contributed by atoms with Gasteiger partial charge in [0.25, 0.3) is 0 Å². The van der Waals surface area contributed by atoms with Crippen molar-refractivity contribution in [1.29, 1.82) is 0 Å². The number of anilines is 1. The van der Waals surface area contributed by atoms with Crippen LogP contribution in [0.25, 0.3) is 0 Å². The van der Waals surface area contributed by atoms with Crippen LogP contribution in [0.3, 0.4) is 0 Å². The van der Waals surface area contributed by atoms with Crippen LogP contribution >= 0.6 is 11.3 Å². The fourth-order valence-corrected chi connectivity index (χ4v) is 2.17. The van der Waals surface area contributed by atoms with Crippen molar-refractivity contribution in [2.75, 3.05) is 12.4 Å². The second-order valence-electron chi connectivity index (χ2n) is 3.75. The van der Waals surface area contributed by atoms with Gasteiger partial charge in [0, 0.05) is 17.3 Å². The Morgan fingerprint density at radius 2 is 2.37 bits per heavy atom. The molecular formula is C12H14N4O2S. The molecule has 7 heteroatoms. The van der Waals surface area contributed by atoms with Crippen LogP contribution in [0.2, 0.25) is 0 Å². The van der Waals surface area contributed by atoms with Gasteiger partial charge in [-0.2, -0.15) is 0 Å². The number of hydrogen-bond acceptors (Lipinski definition) is 5. The van der Waals surface area contributed by atoms with Gasteiger partial charge in [0.2, 0.25) is 5.88 Å². The maximum Gasteiger partial charge on any atom is 0.319 e. The number of urea groups is 1. The summed E-state index contributed by atoms with van der Waals surface area (Å²) < 4.78 is 5.05. The van der Waals surface area contributed by atoms with Gasteiger partial charge in [-0.1, -0.05) is 0 Å². The lowest BCUT2D eigenvalue weighted by Crippen LogP contribution is -2.28. The molecule has 0 aliphatic rings. The number of hydrogen-bond donors (Lipinski definition) is 2. The average molecular weight is 278 g/mol. The summed E-state index contributed by atoms with van der Waals surface area (Å²) in [4.78, 5) is 20.0. The lowest BCUT2D eigenvalue weighted by atomic mass is 10.4. The summed E-state index contributed by atoms with van der Waals surface area (Å²) in [5, 5.41) is 8.21. The molecule has 0 aliphatic carbocycles. The SMILES string of the molecule is COc1ncccc1NC(=O)NCc1nc(C)cs1. The van der Waals surface area contributed by atoms with E-state index in [4.69, 9.17) is 4.74 Å². The molecule has 2 N–H and O–H groups in total. The van der Waals surface area contributed by atoms with E-state index in [2.05, 4.69) is 20.6 Å². The maximum absolute atomic E-state index is 11.7. The molecule has 0 spiro atoms. The molecular weight excluding hydrogens is 264 g/mol. The van der Waals surface area contributed by atoms with Gasteiger partial charge in [0.15, 0.2) is 0 Å². The van der Waals surface area contributed by atoms with E-state index in [1.807, 2.05) is 12.3 Å². The second-order valence-corrected chi connectivity index (χ2v) is 4.69. The highest BCUT2D eigenvalue weighted by molar-refractivity contribution is 7.09. The number of rotatable bonds is 4. The molecule has 0 saturated carbocycles. The first kappa shape index (κ1) is 13.3. The number of carbonyl (C=O) groups is 1. The van der Waals surface area contributed by atoms with Gasteiger partial charge < -0.3 is 15.4 Å². The molecule has 0 unspecified atom stereocenters. The molecule has 0 bridgehead atoms. The molecule has 0 saturated heterocycles. The number of methoxy groups -OCH3 is 1. The Hall–Kier alpha value is -2.15. The van der Waals surface area contributed by atoms with Gasteiger partial charge in [-0.3, -0.25) is 0 Å². The highest BCUT2D eigenvalue weighted by Crippen LogP contribution is 2.19. The van der Waals surface area contributed by atoms with Gasteiger partial charge in [-0.05, 0) is 19.1 Å². The Morgan fingerprint density at radius 1 is 1.53 bits per heavy atom. The van der Waals surface area contributed by atoms with Crippen molar-refractivity contribution in [2.45, 2.75) is 13.5 Å². The summed E-state index contributed by atoms with van der Waals surface area (Å²) in [7, 11) is 1.50. The number of ether oxygens (including phenoxy) is 1. The molecule has 2 rings (SSSR count). The third-order valence-corrected chi connectivity index (χ3v) is 3.25. The number of pyridine rings is 1. The number of nitrogens with one attached hydrogen (secondary N) is 2. The van der Waals surface area contributed by atoms with Crippen molar-refractivity contribution in [1.82, 2.24) is 15.3 Å². The number of aromatic nitrogens is 2. The second kappa shape index (κ2) is 6.14. The Labute approximate surface area is 114 Å². The predicted molar refractivity (Wildman–Crippen MR) is 73.5 cm³/mol. The first-order valence-electron chi connectivity index (χ1n) is 5.64. The van der Waals surface area contributed by atoms with E-state index in [9.17, 15) is 4.79 Å². The van der Waals surface area contributed by atoms with E-state index >= 15 is 0 Å². The van der Waals surface area contributed by atoms with Gasteiger partial charge in [0.1, 0.15) is 10.7 Å². The zero-order chi connectivity index (χ0) is 13.7. The highest BCUT2D eigenvalue weighted by atomic mass is 32.1. The van der Waals surface area contributed by atoms with E-state index in [1.54, 1.807) is 18.3 Å². The van der Waals surface area contributed by atoms with Crippen LogP contribution in [-0.4, -0.2) is 23.1 Å². The van der Waals surface area contributed by atoms with Crippen LogP contribution in [-0.2, 0) is 6.54 Å². The number of thiazole rings is 1. The van der Waals surface area contributed by atoms with Crippen LogP contribution in [0.4, 0.5) is 10.5 Å². The summed E-state index contributed by atoms with van der Waals surface area (Å²) in [5.41, 5.74) is 1.48. The monoisotopic (exact) mass is 278 g/mol. The van der Waals surface area contributed by atoms with E-state index < -0.39 is 0 Å². The van der Waals surface area contributed by atoms with Gasteiger partial charge in [-0.25, -0.2) is 14.8 Å². The van der Waals surface area contributed by atoms with Crippen molar-refractivity contribution in [3.05, 3.63) is 34.4 Å². The van der Waals surface area contributed by atoms with Crippen molar-refractivity contribution in [3.8, 4) is 5.88 Å². The number of amides is 2. The standard InChI is InChI=1S/C12H14N4O2S/c1-8-7-19-10(15-8)6-14-12(17)16-9-4-3-5-13-11(9)18-2/h3-5,7H,6H2,1-2H3,(H2,14,16,17). The molecule has 0 aromatic carbocycles. The van der Waals surface area contributed by atoms with Crippen LogP contribution in [0.15, 0.2) is 23.7 Å². The van der Waals surface area contributed by atoms with Gasteiger partial charge >= 0.3 is 6.03 Å². The van der Waals surface area contributed by atoms with E-state index in [-0.39, 0.29) is 6.03 Å². The maximum atomic E-state index is 11.7. The normalized spacial score (nSPS) is 10.0. The molecule has 6 nitrogen and oxygen atoms in total. The minimum atomic E-state index is -0.320. The Kier molecular flexibility index (Phi) is 4.30. The van der Waals surface area contributed by atoms with E-state index in [1.165, 1.54) is 18.4 Å². The average Bonchev–Trinajstić information content (AvgIpc) is 2.83. The zero-order valence-corrected chi connectivity index (χ0v) is 11.5. The topological polar surface area (TPSA) is 76.1 Å². The van der Waals surface area contributed by atoms with E-state index in [0.717, 1.165) is 10.7 Å². The molecule has 0 fully saturated rings. The molecule has 100 valence electrons. The zero-order valence-electron chi connectivity index (χ0n) is 10.6. The molecule has 2 amide bonds. The number of aryl methyl sites for hydroxylation is 1. The molecule has 19 heavy (non-hydrogen) atoms. The first-order valence-corrected chi connectivity index (χ1v) is 6.52. The fourth-order valence-electron chi connectivity index (χ4n) is 1.45. The smallest absolute Gasteiger partial charge is 0.319 e. The molecule has 2 aromatic heterocycles. The molecule has 0 atom stereocenters. The van der Waals surface area contributed by atoms with Crippen molar-refractivity contribution in [3.63, 3.8) is 0 Å². The lowest BCUT2D eigenvalue weighted by molar-refractivity contribution is 0.251. The van der Waals surface area contributed by atoms with Crippen molar-refractivity contribution >= 4 is 23.1 Å². The quantitative estimate of drug-likeness (QED) is 0.898. The van der Waals surface area contributed by atoms with E-state index in [0.29, 0.717) is 18.1 Å². The summed E-state index contributed by atoms with van der Waals surface area (Å²) in [6.45, 7) is 2.31. The van der Waals surface area contributed by atoms with Gasteiger partial charge in [0.05, 0.1) is 13.7 Å². The lowest BCUT2D eigenvalue weighted by Gasteiger charge is -2.09. The van der Waals surface area contributed by atoms with Crippen LogP contribution in [0.1, 0.15) is 10.7 Å². The molecule has 0 aliphatic heterocycles. The van der Waals surface area contributed by atoms with Crippen LogP contribution in [0, 0.1) is 6.92 Å². The summed E-state index contributed by atoms with van der Waals surface area (Å²) in [5.74, 6) is 0.378. The predicted octanol–water partition coefficient (Wildman–Crippen LogP) is 2.18. The van der Waals surface area contributed by atoms with Crippen LogP contribution in [0.5, 0.6) is 5.88 Å². The summed E-state index contributed by atoms with van der Waals surface area (Å²) >= 11 is 1.51. The Balaban J connectivity index is 1.90. The molecule has 0 radical (unpaired) electrons. The summed E-state index contributed by atoms with van der Waals surface area (Å²) in [6.07, 6.45) is 1.60. The van der Waals surface area contributed by atoms with Crippen molar-refractivity contribution in [2.24, 2.45) is 0 Å².